The Kier molecular flexibility index (Phi) is 7.08. The quantitative estimate of drug-likeness (QED) is 0.776. The van der Waals surface area contributed by atoms with Gasteiger partial charge < -0.3 is 4.90 Å². The molecule has 0 aliphatic carbocycles. The van der Waals surface area contributed by atoms with E-state index in [0.717, 1.165) is 6.54 Å². The van der Waals surface area contributed by atoms with Gasteiger partial charge in [-0.3, -0.25) is 4.55 Å². The minimum atomic E-state index is -3.67. The first-order valence-electron chi connectivity index (χ1n) is 5.34. The number of rotatable bonds is 3. The van der Waals surface area contributed by atoms with Crippen LogP contribution in [0.2, 0.25) is 0 Å². The van der Waals surface area contributed by atoms with Crippen LogP contribution in [0.25, 0.3) is 0 Å². The Bertz CT molecular complexity index is 336. The zero-order valence-electron chi connectivity index (χ0n) is 10.2. The first-order chi connectivity index (χ1) is 7.33. The van der Waals surface area contributed by atoms with Crippen molar-refractivity contribution in [2.45, 2.75) is 26.7 Å². The van der Waals surface area contributed by atoms with Crippen LogP contribution in [0.1, 0.15) is 26.7 Å². The molecule has 1 aliphatic heterocycles. The van der Waals surface area contributed by atoms with Crippen molar-refractivity contribution in [1.82, 2.24) is 4.90 Å². The molecular formula is C11H21NO3S. The van der Waals surface area contributed by atoms with Gasteiger partial charge in [0.15, 0.2) is 0 Å². The van der Waals surface area contributed by atoms with Crippen LogP contribution in [-0.2, 0) is 10.1 Å². The molecule has 1 rings (SSSR count). The molecule has 0 aromatic carbocycles. The van der Waals surface area contributed by atoms with Gasteiger partial charge in [0.2, 0.25) is 0 Å². The highest BCUT2D eigenvalue weighted by Gasteiger charge is 1.99. The number of nitrogens with zero attached hydrogens (tertiary/aromatic N) is 1. The molecule has 1 N–H and O–H groups in total. The molecule has 1 heterocycles. The molecule has 0 fully saturated rings. The van der Waals surface area contributed by atoms with Gasteiger partial charge in [0.05, 0.1) is 6.26 Å². The van der Waals surface area contributed by atoms with Gasteiger partial charge in [-0.15, -0.1) is 0 Å². The lowest BCUT2D eigenvalue weighted by atomic mass is 10.2. The first-order valence-corrected chi connectivity index (χ1v) is 7.19. The molecule has 0 atom stereocenters. The summed E-state index contributed by atoms with van der Waals surface area (Å²) in [7, 11) is -3.67. The fourth-order valence-electron chi connectivity index (χ4n) is 1.14. The Labute approximate surface area is 98.4 Å². The van der Waals surface area contributed by atoms with Crippen molar-refractivity contribution in [3.8, 4) is 0 Å². The fourth-order valence-corrected chi connectivity index (χ4v) is 1.14. The fraction of sp³-hybridized carbons (Fsp3) is 0.636. The average molecular weight is 247 g/mol. The van der Waals surface area contributed by atoms with E-state index in [0.29, 0.717) is 6.26 Å². The molecule has 0 unspecified atom stereocenters. The van der Waals surface area contributed by atoms with Crippen LogP contribution in [0, 0.1) is 0 Å². The highest BCUT2D eigenvalue weighted by molar-refractivity contribution is 7.85. The highest BCUT2D eigenvalue weighted by Crippen LogP contribution is 2.06. The zero-order valence-corrected chi connectivity index (χ0v) is 11.0. The Morgan fingerprint density at radius 1 is 1.50 bits per heavy atom. The second-order valence-electron chi connectivity index (χ2n) is 3.85. The van der Waals surface area contributed by atoms with Crippen molar-refractivity contribution in [1.29, 1.82) is 0 Å². The zero-order chi connectivity index (χ0) is 12.6. The highest BCUT2D eigenvalue weighted by atomic mass is 32.2. The molecule has 0 aromatic heterocycles. The van der Waals surface area contributed by atoms with Crippen LogP contribution < -0.4 is 0 Å². The molecule has 0 saturated carbocycles. The molecular weight excluding hydrogens is 226 g/mol. The summed E-state index contributed by atoms with van der Waals surface area (Å²) in [4.78, 5) is 2.36. The Morgan fingerprint density at radius 3 is 2.44 bits per heavy atom. The summed E-state index contributed by atoms with van der Waals surface area (Å²) in [6.07, 6.45) is 9.96. The second kappa shape index (κ2) is 7.46. The number of allylic oxidation sites excluding steroid dienone is 2. The number of unbranched alkanes of at least 4 members (excludes halogenated alkanes) is 1. The van der Waals surface area contributed by atoms with Crippen molar-refractivity contribution in [3.05, 3.63) is 23.9 Å². The summed E-state index contributed by atoms with van der Waals surface area (Å²) >= 11 is 0. The molecule has 16 heavy (non-hydrogen) atoms. The van der Waals surface area contributed by atoms with E-state index in [1.165, 1.54) is 25.0 Å². The molecule has 4 nitrogen and oxygen atoms in total. The molecule has 94 valence electrons. The van der Waals surface area contributed by atoms with Gasteiger partial charge in [-0.05, 0) is 25.6 Å². The van der Waals surface area contributed by atoms with E-state index in [4.69, 9.17) is 4.55 Å². The smallest absolute Gasteiger partial charge is 0.261 e. The maximum absolute atomic E-state index is 9.19. The van der Waals surface area contributed by atoms with E-state index < -0.39 is 10.1 Å². The molecule has 0 saturated heterocycles. The molecule has 0 aromatic rings. The summed E-state index contributed by atoms with van der Waals surface area (Å²) < 4.78 is 25.9. The molecule has 0 radical (unpaired) electrons. The van der Waals surface area contributed by atoms with Crippen LogP contribution in [0.15, 0.2) is 23.9 Å². The van der Waals surface area contributed by atoms with Crippen molar-refractivity contribution in [3.63, 3.8) is 0 Å². The Balaban J connectivity index is 0.000000385. The van der Waals surface area contributed by atoms with Crippen LogP contribution >= 0.6 is 0 Å². The lowest BCUT2D eigenvalue weighted by Gasteiger charge is -2.21. The van der Waals surface area contributed by atoms with E-state index in [2.05, 4.69) is 37.1 Å². The lowest BCUT2D eigenvalue weighted by Crippen LogP contribution is -2.20. The van der Waals surface area contributed by atoms with Crippen molar-refractivity contribution < 1.29 is 13.0 Å². The number of hydrogen-bond acceptors (Lipinski definition) is 3. The van der Waals surface area contributed by atoms with Gasteiger partial charge in [0, 0.05) is 13.1 Å². The molecule has 1 aliphatic rings. The predicted molar refractivity (Wildman–Crippen MR) is 66.9 cm³/mol. The van der Waals surface area contributed by atoms with Gasteiger partial charge in [-0.1, -0.05) is 25.0 Å². The summed E-state index contributed by atoms with van der Waals surface area (Å²) in [5.41, 5.74) is 1.39. The topological polar surface area (TPSA) is 57.6 Å². The van der Waals surface area contributed by atoms with Crippen molar-refractivity contribution in [2.75, 3.05) is 19.3 Å². The van der Waals surface area contributed by atoms with E-state index in [1.54, 1.807) is 0 Å². The summed E-state index contributed by atoms with van der Waals surface area (Å²) in [6.45, 7) is 6.68. The lowest BCUT2D eigenvalue weighted by molar-refractivity contribution is 0.399. The predicted octanol–water partition coefficient (Wildman–Crippen LogP) is 2.07. The van der Waals surface area contributed by atoms with E-state index in [-0.39, 0.29) is 0 Å². The van der Waals surface area contributed by atoms with Crippen LogP contribution in [0.4, 0.5) is 0 Å². The maximum atomic E-state index is 9.19. The molecule has 5 heteroatoms. The van der Waals surface area contributed by atoms with Gasteiger partial charge >= 0.3 is 0 Å². The summed E-state index contributed by atoms with van der Waals surface area (Å²) in [5.74, 6) is 0. The molecule has 0 spiro atoms. The van der Waals surface area contributed by atoms with E-state index in [1.807, 2.05) is 0 Å². The number of hydrogen-bond donors (Lipinski definition) is 1. The largest absolute Gasteiger partial charge is 0.374 e. The minimum Gasteiger partial charge on any atom is -0.374 e. The normalized spacial score (nSPS) is 15.2. The Hall–Kier alpha value is -0.810. The monoisotopic (exact) mass is 247 g/mol. The summed E-state index contributed by atoms with van der Waals surface area (Å²) in [5, 5.41) is 0. The average Bonchev–Trinajstić information content (AvgIpc) is 2.14. The molecule has 0 amide bonds. The van der Waals surface area contributed by atoms with E-state index >= 15 is 0 Å². The van der Waals surface area contributed by atoms with E-state index in [9.17, 15) is 8.42 Å². The van der Waals surface area contributed by atoms with Crippen LogP contribution in [0.5, 0.6) is 0 Å². The third kappa shape index (κ3) is 11.3. The van der Waals surface area contributed by atoms with Crippen molar-refractivity contribution in [2.24, 2.45) is 0 Å². The third-order valence-corrected chi connectivity index (χ3v) is 1.99. The summed E-state index contributed by atoms with van der Waals surface area (Å²) in [6, 6.07) is 0. The van der Waals surface area contributed by atoms with Gasteiger partial charge in [-0.2, -0.15) is 8.42 Å². The minimum absolute atomic E-state index is 0.715. The Morgan fingerprint density at radius 2 is 2.06 bits per heavy atom. The van der Waals surface area contributed by atoms with Gasteiger partial charge in [0.1, 0.15) is 0 Å². The molecule has 0 bridgehead atoms. The maximum Gasteiger partial charge on any atom is 0.261 e. The SMILES string of the molecule is CCCCN1C=CC(C)=CC1.CS(=O)(=O)O. The van der Waals surface area contributed by atoms with Crippen LogP contribution in [0.3, 0.4) is 0 Å². The van der Waals surface area contributed by atoms with Crippen LogP contribution in [-0.4, -0.2) is 37.2 Å². The van der Waals surface area contributed by atoms with Gasteiger partial charge in [0.25, 0.3) is 10.1 Å². The van der Waals surface area contributed by atoms with Gasteiger partial charge in [-0.25, -0.2) is 0 Å². The third-order valence-electron chi connectivity index (χ3n) is 1.99. The first kappa shape index (κ1) is 15.2. The van der Waals surface area contributed by atoms with Crippen molar-refractivity contribution >= 4 is 10.1 Å². The standard InChI is InChI=1S/C10H17N.CH4O3S/c1-3-4-7-11-8-5-10(2)6-9-11;1-5(2,3)4/h5-6,8H,3-4,7,9H2,1-2H3;1H3,(H,2,3,4). The second-order valence-corrected chi connectivity index (χ2v) is 5.31.